The van der Waals surface area contributed by atoms with E-state index in [4.69, 9.17) is 9.84 Å². The van der Waals surface area contributed by atoms with Crippen LogP contribution in [0.3, 0.4) is 0 Å². The Kier molecular flexibility index (Phi) is 6.64. The molecular weight excluding hydrogens is 382 g/mol. The average molecular weight is 414 g/mol. The van der Waals surface area contributed by atoms with Gasteiger partial charge in [-0.2, -0.15) is 0 Å². The molecule has 0 radical (unpaired) electrons. The van der Waals surface area contributed by atoms with E-state index in [9.17, 15) is 4.79 Å². The molecule has 0 unspecified atom stereocenters. The number of carboxylic acid groups (broad SMARTS) is 1. The topological polar surface area (TPSA) is 82.0 Å². The first-order valence-electron chi connectivity index (χ1n) is 10.9. The van der Waals surface area contributed by atoms with Crippen molar-refractivity contribution in [1.82, 2.24) is 24.7 Å². The Morgan fingerprint density at radius 1 is 1.13 bits per heavy atom. The third-order valence-electron chi connectivity index (χ3n) is 6.27. The monoisotopic (exact) mass is 413 g/mol. The van der Waals surface area contributed by atoms with E-state index in [1.807, 2.05) is 18.2 Å². The Morgan fingerprint density at radius 2 is 1.90 bits per heavy atom. The fourth-order valence-corrected chi connectivity index (χ4v) is 4.37. The molecule has 4 rings (SSSR count). The molecule has 30 heavy (non-hydrogen) atoms. The van der Waals surface area contributed by atoms with Crippen LogP contribution in [0.2, 0.25) is 0 Å². The molecule has 0 bridgehead atoms. The first-order valence-corrected chi connectivity index (χ1v) is 10.9. The predicted octanol–water partition coefficient (Wildman–Crippen LogP) is 2.50. The fraction of sp³-hybridized carbons (Fsp3) is 0.591. The van der Waals surface area contributed by atoms with Crippen LogP contribution < -0.4 is 4.74 Å². The van der Waals surface area contributed by atoms with Crippen molar-refractivity contribution in [3.63, 3.8) is 0 Å². The van der Waals surface area contributed by atoms with Crippen LogP contribution in [0.15, 0.2) is 24.5 Å². The van der Waals surface area contributed by atoms with Crippen molar-refractivity contribution in [1.29, 1.82) is 0 Å². The molecule has 1 aromatic carbocycles. The number of piperidine rings is 1. The fourth-order valence-electron chi connectivity index (χ4n) is 4.37. The Hall–Kier alpha value is -2.45. The van der Waals surface area contributed by atoms with Gasteiger partial charge in [0.2, 0.25) is 0 Å². The van der Waals surface area contributed by atoms with Crippen molar-refractivity contribution in [2.45, 2.75) is 25.2 Å². The normalized spacial score (nSPS) is 19.3. The van der Waals surface area contributed by atoms with Crippen molar-refractivity contribution >= 4 is 17.0 Å². The Morgan fingerprint density at radius 3 is 2.63 bits per heavy atom. The van der Waals surface area contributed by atoms with Gasteiger partial charge in [0.1, 0.15) is 12.1 Å². The summed E-state index contributed by atoms with van der Waals surface area (Å²) in [6.07, 6.45) is 3.37. The number of benzene rings is 1. The number of carbonyl (C=O) groups is 1. The average Bonchev–Trinajstić information content (AvgIpc) is 2.77. The zero-order chi connectivity index (χ0) is 20.9. The van der Waals surface area contributed by atoms with Crippen LogP contribution in [0.25, 0.3) is 10.9 Å². The number of ether oxygens (including phenoxy) is 1. The Balaban J connectivity index is 1.33. The van der Waals surface area contributed by atoms with Crippen LogP contribution in [0, 0.1) is 0 Å². The van der Waals surface area contributed by atoms with Crippen molar-refractivity contribution in [3.8, 4) is 5.75 Å². The van der Waals surface area contributed by atoms with E-state index < -0.39 is 6.09 Å². The van der Waals surface area contributed by atoms with E-state index in [1.54, 1.807) is 6.33 Å². The minimum absolute atomic E-state index is 0.265. The quantitative estimate of drug-likeness (QED) is 0.729. The highest BCUT2D eigenvalue weighted by molar-refractivity contribution is 5.82. The van der Waals surface area contributed by atoms with Crippen LogP contribution in [0.4, 0.5) is 4.79 Å². The van der Waals surface area contributed by atoms with E-state index in [2.05, 4.69) is 26.8 Å². The molecule has 2 aromatic rings. The molecule has 1 aromatic heterocycles. The summed E-state index contributed by atoms with van der Waals surface area (Å²) in [6, 6.07) is 6.03. The summed E-state index contributed by atoms with van der Waals surface area (Å²) >= 11 is 0. The summed E-state index contributed by atoms with van der Waals surface area (Å²) in [4.78, 5) is 26.5. The first-order chi connectivity index (χ1) is 14.6. The Labute approximate surface area is 177 Å². The van der Waals surface area contributed by atoms with Crippen LogP contribution >= 0.6 is 0 Å². The zero-order valence-corrected chi connectivity index (χ0v) is 17.7. The number of amides is 1. The van der Waals surface area contributed by atoms with Crippen LogP contribution in [0.1, 0.15) is 30.9 Å². The molecule has 0 spiro atoms. The molecule has 2 fully saturated rings. The number of likely N-dealkylation sites (tertiary alicyclic amines) is 1. The number of aromatic nitrogens is 2. The molecule has 0 saturated carbocycles. The molecule has 8 nitrogen and oxygen atoms in total. The van der Waals surface area contributed by atoms with Gasteiger partial charge in [0.25, 0.3) is 0 Å². The van der Waals surface area contributed by atoms with E-state index in [0.717, 1.165) is 74.3 Å². The van der Waals surface area contributed by atoms with E-state index in [1.165, 1.54) is 4.90 Å². The number of piperazine rings is 1. The second kappa shape index (κ2) is 9.57. The molecule has 0 atom stereocenters. The van der Waals surface area contributed by atoms with Crippen molar-refractivity contribution in [2.75, 3.05) is 59.5 Å². The minimum Gasteiger partial charge on any atom is -0.493 e. The summed E-state index contributed by atoms with van der Waals surface area (Å²) in [6.45, 7) is 7.44. The molecule has 2 saturated heterocycles. The second-order valence-corrected chi connectivity index (χ2v) is 8.33. The van der Waals surface area contributed by atoms with Gasteiger partial charge in [-0.05, 0) is 38.4 Å². The number of rotatable bonds is 6. The van der Waals surface area contributed by atoms with Crippen LogP contribution in [-0.2, 0) is 0 Å². The lowest BCUT2D eigenvalue weighted by Gasteiger charge is -2.32. The molecule has 162 valence electrons. The van der Waals surface area contributed by atoms with Gasteiger partial charge in [0.15, 0.2) is 0 Å². The number of hydrogen-bond donors (Lipinski definition) is 1. The Bertz CT molecular complexity index is 861. The zero-order valence-electron chi connectivity index (χ0n) is 17.7. The van der Waals surface area contributed by atoms with E-state index in [0.29, 0.717) is 19.7 Å². The molecule has 2 aliphatic rings. The third kappa shape index (κ3) is 4.99. The van der Waals surface area contributed by atoms with Crippen molar-refractivity contribution < 1.29 is 14.6 Å². The van der Waals surface area contributed by atoms with Crippen LogP contribution in [0.5, 0.6) is 5.75 Å². The summed E-state index contributed by atoms with van der Waals surface area (Å²) in [5.41, 5.74) is 1.91. The van der Waals surface area contributed by atoms with Gasteiger partial charge in [-0.3, -0.25) is 0 Å². The van der Waals surface area contributed by atoms with Gasteiger partial charge >= 0.3 is 6.09 Å². The van der Waals surface area contributed by atoms with E-state index in [-0.39, 0.29) is 5.92 Å². The van der Waals surface area contributed by atoms with Crippen molar-refractivity contribution in [3.05, 3.63) is 30.2 Å². The SMILES string of the molecule is CN1CCN(CCCOc2ccc3c(C4CCN(C(=O)O)CC4)ncnc3c2)CC1. The minimum atomic E-state index is -0.838. The highest BCUT2D eigenvalue weighted by Gasteiger charge is 2.25. The summed E-state index contributed by atoms with van der Waals surface area (Å²) in [7, 11) is 2.17. The molecule has 1 amide bonds. The first kappa shape index (κ1) is 20.8. The summed E-state index contributed by atoms with van der Waals surface area (Å²) in [5.74, 6) is 1.10. The van der Waals surface area contributed by atoms with Crippen LogP contribution in [-0.4, -0.2) is 95.3 Å². The molecule has 8 heteroatoms. The highest BCUT2D eigenvalue weighted by atomic mass is 16.5. The van der Waals surface area contributed by atoms with Gasteiger partial charge < -0.3 is 24.5 Å². The lowest BCUT2D eigenvalue weighted by atomic mass is 9.91. The number of fused-ring (bicyclic) bond motifs is 1. The summed E-state index contributed by atoms with van der Waals surface area (Å²) in [5, 5.41) is 10.2. The maximum Gasteiger partial charge on any atom is 0.407 e. The molecular formula is C22H31N5O3. The highest BCUT2D eigenvalue weighted by Crippen LogP contribution is 2.32. The number of hydrogen-bond acceptors (Lipinski definition) is 6. The summed E-state index contributed by atoms with van der Waals surface area (Å²) < 4.78 is 5.98. The lowest BCUT2D eigenvalue weighted by molar-refractivity contribution is 0.132. The maximum absolute atomic E-state index is 11.1. The standard InChI is InChI=1S/C22H31N5O3/c1-25-10-12-26(13-11-25)7-2-14-30-18-3-4-19-20(15-18)23-16-24-21(19)17-5-8-27(9-6-17)22(28)29/h3-4,15-17H,2,5-14H2,1H3,(H,28,29). The molecule has 2 aliphatic heterocycles. The van der Waals surface area contributed by atoms with Gasteiger partial charge in [0.05, 0.1) is 17.8 Å². The molecule has 0 aliphatic carbocycles. The number of nitrogens with zero attached hydrogens (tertiary/aromatic N) is 5. The second-order valence-electron chi connectivity index (χ2n) is 8.33. The van der Waals surface area contributed by atoms with Gasteiger partial charge in [-0.1, -0.05) is 0 Å². The maximum atomic E-state index is 11.1. The number of likely N-dealkylation sites (N-methyl/N-ethyl adjacent to an activating group) is 1. The predicted molar refractivity (Wildman–Crippen MR) is 115 cm³/mol. The lowest BCUT2D eigenvalue weighted by Crippen LogP contribution is -2.44. The van der Waals surface area contributed by atoms with Gasteiger partial charge in [0, 0.05) is 63.2 Å². The van der Waals surface area contributed by atoms with Gasteiger partial charge in [-0.25, -0.2) is 14.8 Å². The smallest absolute Gasteiger partial charge is 0.407 e. The molecule has 1 N–H and O–H groups in total. The largest absolute Gasteiger partial charge is 0.493 e. The third-order valence-corrected chi connectivity index (χ3v) is 6.27. The van der Waals surface area contributed by atoms with Gasteiger partial charge in [-0.15, -0.1) is 0 Å². The molecule has 3 heterocycles. The van der Waals surface area contributed by atoms with E-state index >= 15 is 0 Å². The van der Waals surface area contributed by atoms with Crippen molar-refractivity contribution in [2.24, 2.45) is 0 Å².